The van der Waals surface area contributed by atoms with E-state index in [2.05, 4.69) is 15.6 Å². The lowest BCUT2D eigenvalue weighted by atomic mass is 10.1. The number of rotatable bonds is 7. The summed E-state index contributed by atoms with van der Waals surface area (Å²) in [6, 6.07) is -0.668. The van der Waals surface area contributed by atoms with Gasteiger partial charge in [-0.25, -0.2) is 9.78 Å². The van der Waals surface area contributed by atoms with Crippen LogP contribution in [0.4, 0.5) is 4.79 Å². The van der Waals surface area contributed by atoms with E-state index in [1.165, 1.54) is 0 Å². The molecule has 0 saturated heterocycles. The van der Waals surface area contributed by atoms with Gasteiger partial charge in [-0.15, -0.1) is 11.3 Å². The summed E-state index contributed by atoms with van der Waals surface area (Å²) in [7, 11) is 0. The lowest BCUT2D eigenvalue weighted by molar-refractivity contribution is -0.137. The number of carboxylic acid groups (broad SMARTS) is 1. The topological polar surface area (TPSA) is 91.3 Å². The Morgan fingerprint density at radius 2 is 2.26 bits per heavy atom. The monoisotopic (exact) mass is 285 g/mol. The number of carbonyl (C=O) groups excluding carboxylic acids is 1. The summed E-state index contributed by atoms with van der Waals surface area (Å²) in [6.07, 6.45) is 1.20. The van der Waals surface area contributed by atoms with Crippen LogP contribution >= 0.6 is 11.3 Å². The van der Waals surface area contributed by atoms with E-state index in [-0.39, 0.29) is 18.5 Å². The Hall–Kier alpha value is -1.63. The Balaban J connectivity index is 2.25. The third-order valence-electron chi connectivity index (χ3n) is 2.58. The van der Waals surface area contributed by atoms with Crippen molar-refractivity contribution in [3.63, 3.8) is 0 Å². The van der Waals surface area contributed by atoms with E-state index in [0.29, 0.717) is 19.4 Å². The van der Waals surface area contributed by atoms with Crippen molar-refractivity contribution >= 4 is 23.3 Å². The Kier molecular flexibility index (Phi) is 6.27. The van der Waals surface area contributed by atoms with Crippen molar-refractivity contribution in [3.8, 4) is 0 Å². The van der Waals surface area contributed by atoms with Crippen LogP contribution in [0.3, 0.4) is 0 Å². The Morgan fingerprint density at radius 3 is 2.79 bits per heavy atom. The number of carboxylic acids is 1. The molecule has 1 unspecified atom stereocenters. The summed E-state index contributed by atoms with van der Waals surface area (Å²) in [4.78, 5) is 26.4. The van der Waals surface area contributed by atoms with Gasteiger partial charge in [0.25, 0.3) is 0 Å². The molecule has 1 heterocycles. The Labute approximate surface area is 116 Å². The van der Waals surface area contributed by atoms with Gasteiger partial charge in [-0.1, -0.05) is 6.92 Å². The first kappa shape index (κ1) is 15.4. The zero-order chi connectivity index (χ0) is 14.3. The SMILES string of the molecule is CCC(CC(=O)O)NC(=O)NCCc1csc(C)n1. The minimum Gasteiger partial charge on any atom is -0.481 e. The van der Waals surface area contributed by atoms with Crippen LogP contribution in [0.15, 0.2) is 5.38 Å². The van der Waals surface area contributed by atoms with E-state index in [9.17, 15) is 9.59 Å². The van der Waals surface area contributed by atoms with E-state index in [0.717, 1.165) is 10.7 Å². The Bertz CT molecular complexity index is 434. The number of carbonyl (C=O) groups is 2. The van der Waals surface area contributed by atoms with E-state index in [1.54, 1.807) is 11.3 Å². The predicted octanol–water partition coefficient (Wildman–Crippen LogP) is 1.55. The fraction of sp³-hybridized carbons (Fsp3) is 0.583. The maximum absolute atomic E-state index is 11.6. The van der Waals surface area contributed by atoms with Gasteiger partial charge in [0, 0.05) is 24.4 Å². The highest BCUT2D eigenvalue weighted by atomic mass is 32.1. The molecule has 1 rings (SSSR count). The van der Waals surface area contributed by atoms with E-state index in [1.807, 2.05) is 19.2 Å². The highest BCUT2D eigenvalue weighted by molar-refractivity contribution is 7.09. The number of aromatic nitrogens is 1. The number of aryl methyl sites for hydroxylation is 1. The van der Waals surface area contributed by atoms with Gasteiger partial charge in [0.2, 0.25) is 0 Å². The first-order chi connectivity index (χ1) is 9.01. The highest BCUT2D eigenvalue weighted by Gasteiger charge is 2.13. The number of aliphatic carboxylic acids is 1. The smallest absolute Gasteiger partial charge is 0.315 e. The second-order valence-electron chi connectivity index (χ2n) is 4.21. The average Bonchev–Trinajstić information content (AvgIpc) is 2.73. The van der Waals surface area contributed by atoms with Crippen molar-refractivity contribution in [2.75, 3.05) is 6.54 Å². The second-order valence-corrected chi connectivity index (χ2v) is 5.27. The summed E-state index contributed by atoms with van der Waals surface area (Å²) in [5.41, 5.74) is 0.959. The van der Waals surface area contributed by atoms with Crippen molar-refractivity contribution in [1.29, 1.82) is 0 Å². The zero-order valence-electron chi connectivity index (χ0n) is 11.1. The molecule has 106 valence electrons. The van der Waals surface area contributed by atoms with Gasteiger partial charge in [-0.05, 0) is 13.3 Å². The molecule has 0 fully saturated rings. The average molecular weight is 285 g/mol. The summed E-state index contributed by atoms with van der Waals surface area (Å²) in [5.74, 6) is -0.912. The third kappa shape index (κ3) is 6.19. The molecule has 0 aliphatic rings. The molecule has 1 aromatic rings. The van der Waals surface area contributed by atoms with Gasteiger partial charge in [-0.2, -0.15) is 0 Å². The van der Waals surface area contributed by atoms with Gasteiger partial charge in [-0.3, -0.25) is 4.79 Å². The van der Waals surface area contributed by atoms with Crippen LogP contribution in [0.5, 0.6) is 0 Å². The predicted molar refractivity (Wildman–Crippen MR) is 73.4 cm³/mol. The minimum atomic E-state index is -0.912. The minimum absolute atomic E-state index is 0.0603. The van der Waals surface area contributed by atoms with Crippen molar-refractivity contribution in [2.45, 2.75) is 39.2 Å². The van der Waals surface area contributed by atoms with Crippen molar-refractivity contribution in [2.24, 2.45) is 0 Å². The number of amides is 2. The van der Waals surface area contributed by atoms with Crippen molar-refractivity contribution in [3.05, 3.63) is 16.1 Å². The molecule has 1 aromatic heterocycles. The molecular weight excluding hydrogens is 266 g/mol. The van der Waals surface area contributed by atoms with Crippen LogP contribution in [-0.2, 0) is 11.2 Å². The van der Waals surface area contributed by atoms with Crippen LogP contribution in [-0.4, -0.2) is 34.7 Å². The number of nitrogens with zero attached hydrogens (tertiary/aromatic N) is 1. The first-order valence-corrected chi connectivity index (χ1v) is 7.06. The normalized spacial score (nSPS) is 11.9. The quantitative estimate of drug-likeness (QED) is 0.708. The van der Waals surface area contributed by atoms with Crippen LogP contribution in [0, 0.1) is 6.92 Å². The Morgan fingerprint density at radius 1 is 1.53 bits per heavy atom. The van der Waals surface area contributed by atoms with Gasteiger partial charge in [0.15, 0.2) is 0 Å². The molecule has 1 atom stereocenters. The van der Waals surface area contributed by atoms with Gasteiger partial charge in [0.05, 0.1) is 17.1 Å². The number of thiazole rings is 1. The van der Waals surface area contributed by atoms with E-state index < -0.39 is 5.97 Å². The maximum atomic E-state index is 11.6. The third-order valence-corrected chi connectivity index (χ3v) is 3.40. The van der Waals surface area contributed by atoms with Crippen LogP contribution in [0.25, 0.3) is 0 Å². The lowest BCUT2D eigenvalue weighted by Crippen LogP contribution is -2.43. The van der Waals surface area contributed by atoms with Crippen LogP contribution in [0.2, 0.25) is 0 Å². The molecule has 19 heavy (non-hydrogen) atoms. The molecule has 2 amide bonds. The van der Waals surface area contributed by atoms with E-state index in [4.69, 9.17) is 5.11 Å². The zero-order valence-corrected chi connectivity index (χ0v) is 11.9. The largest absolute Gasteiger partial charge is 0.481 e. The van der Waals surface area contributed by atoms with Crippen LogP contribution < -0.4 is 10.6 Å². The first-order valence-electron chi connectivity index (χ1n) is 6.18. The number of nitrogens with one attached hydrogen (secondary N) is 2. The number of hydrogen-bond acceptors (Lipinski definition) is 4. The summed E-state index contributed by atoms with van der Waals surface area (Å²) < 4.78 is 0. The molecule has 0 bridgehead atoms. The summed E-state index contributed by atoms with van der Waals surface area (Å²) in [6.45, 7) is 4.26. The molecule has 0 saturated carbocycles. The van der Waals surface area contributed by atoms with Crippen molar-refractivity contribution < 1.29 is 14.7 Å². The number of hydrogen-bond donors (Lipinski definition) is 3. The fourth-order valence-electron chi connectivity index (χ4n) is 1.57. The van der Waals surface area contributed by atoms with Crippen molar-refractivity contribution in [1.82, 2.24) is 15.6 Å². The molecule has 0 spiro atoms. The molecule has 0 aliphatic carbocycles. The summed E-state index contributed by atoms with van der Waals surface area (Å²) >= 11 is 1.58. The van der Waals surface area contributed by atoms with Gasteiger partial charge >= 0.3 is 12.0 Å². The van der Waals surface area contributed by atoms with Crippen LogP contribution in [0.1, 0.15) is 30.5 Å². The lowest BCUT2D eigenvalue weighted by Gasteiger charge is -2.15. The molecule has 0 aliphatic heterocycles. The molecule has 7 heteroatoms. The maximum Gasteiger partial charge on any atom is 0.315 e. The standard InChI is InChI=1S/C12H19N3O3S/c1-3-9(6-11(16)17)15-12(18)13-5-4-10-7-19-8(2)14-10/h7,9H,3-6H2,1-2H3,(H,16,17)(H2,13,15,18). The number of urea groups is 1. The molecule has 0 aromatic carbocycles. The molecule has 3 N–H and O–H groups in total. The summed E-state index contributed by atoms with van der Waals surface area (Å²) in [5, 5.41) is 17.0. The van der Waals surface area contributed by atoms with Gasteiger partial charge < -0.3 is 15.7 Å². The molecule has 6 nitrogen and oxygen atoms in total. The fourth-order valence-corrected chi connectivity index (χ4v) is 2.22. The van der Waals surface area contributed by atoms with E-state index >= 15 is 0 Å². The molecule has 0 radical (unpaired) electrons. The highest BCUT2D eigenvalue weighted by Crippen LogP contribution is 2.07. The second kappa shape index (κ2) is 7.73. The van der Waals surface area contributed by atoms with Gasteiger partial charge in [0.1, 0.15) is 0 Å². The molecular formula is C12H19N3O3S.